The first-order valence-corrected chi connectivity index (χ1v) is 5.35. The van der Waals surface area contributed by atoms with Crippen molar-refractivity contribution in [3.05, 3.63) is 18.0 Å². The fourth-order valence-electron chi connectivity index (χ4n) is 1.36. The molecule has 0 radical (unpaired) electrons. The Kier molecular flexibility index (Phi) is 3.25. The molecular formula is C10H9F3N6. The second-order valence-corrected chi connectivity index (χ2v) is 3.92. The minimum absolute atomic E-state index is 0.00575. The van der Waals surface area contributed by atoms with Gasteiger partial charge in [-0.25, -0.2) is 0 Å². The van der Waals surface area contributed by atoms with Crippen molar-refractivity contribution in [2.24, 2.45) is 5.92 Å². The Morgan fingerprint density at radius 2 is 2.16 bits per heavy atom. The summed E-state index contributed by atoms with van der Waals surface area (Å²) in [6, 6.07) is 4.85. The molecular weight excluding hydrogens is 261 g/mol. The van der Waals surface area contributed by atoms with Gasteiger partial charge in [-0.05, 0) is 19.1 Å². The van der Waals surface area contributed by atoms with Gasteiger partial charge in [0.1, 0.15) is 5.82 Å². The lowest BCUT2D eigenvalue weighted by molar-refractivity contribution is -0.146. The second-order valence-electron chi connectivity index (χ2n) is 3.92. The van der Waals surface area contributed by atoms with Crippen molar-refractivity contribution < 1.29 is 13.2 Å². The van der Waals surface area contributed by atoms with Crippen LogP contribution in [0.15, 0.2) is 12.1 Å². The number of alkyl halides is 3. The van der Waals surface area contributed by atoms with Crippen molar-refractivity contribution >= 4 is 11.5 Å². The molecule has 1 atom stereocenters. The molecule has 2 heterocycles. The third-order valence-corrected chi connectivity index (χ3v) is 2.33. The molecule has 100 valence electrons. The summed E-state index contributed by atoms with van der Waals surface area (Å²) in [7, 11) is 0. The third kappa shape index (κ3) is 2.73. The van der Waals surface area contributed by atoms with Gasteiger partial charge in [0.25, 0.3) is 5.82 Å². The van der Waals surface area contributed by atoms with E-state index in [-0.39, 0.29) is 17.4 Å². The Morgan fingerprint density at radius 3 is 2.79 bits per heavy atom. The molecule has 0 saturated heterocycles. The first-order valence-electron chi connectivity index (χ1n) is 5.35. The number of halogens is 3. The summed E-state index contributed by atoms with van der Waals surface area (Å²) in [5, 5.41) is 21.6. The molecule has 0 aliphatic carbocycles. The monoisotopic (exact) mass is 270 g/mol. The number of hydrogen-bond acceptors (Lipinski definition) is 5. The summed E-state index contributed by atoms with van der Waals surface area (Å²) in [5.41, 5.74) is 0.00575. The van der Waals surface area contributed by atoms with Crippen LogP contribution in [0.4, 0.5) is 19.0 Å². The molecule has 0 aliphatic heterocycles. The normalized spacial score (nSPS) is 13.2. The topological polar surface area (TPSA) is 78.9 Å². The molecule has 2 aromatic rings. The third-order valence-electron chi connectivity index (χ3n) is 2.33. The Hall–Kier alpha value is -2.37. The number of rotatable bonds is 3. The quantitative estimate of drug-likeness (QED) is 0.918. The zero-order chi connectivity index (χ0) is 14.0. The van der Waals surface area contributed by atoms with Gasteiger partial charge in [0.15, 0.2) is 5.65 Å². The molecule has 0 spiro atoms. The summed E-state index contributed by atoms with van der Waals surface area (Å²) in [6.45, 7) is 1.98. The first-order chi connectivity index (χ1) is 8.91. The fourth-order valence-corrected chi connectivity index (χ4v) is 1.36. The van der Waals surface area contributed by atoms with Crippen LogP contribution in [0.5, 0.6) is 0 Å². The number of fused-ring (bicyclic) bond motifs is 1. The van der Waals surface area contributed by atoms with E-state index < -0.39 is 12.0 Å². The van der Waals surface area contributed by atoms with Crippen molar-refractivity contribution in [3.8, 4) is 6.07 Å². The van der Waals surface area contributed by atoms with E-state index in [9.17, 15) is 13.2 Å². The van der Waals surface area contributed by atoms with Gasteiger partial charge in [-0.15, -0.1) is 15.3 Å². The molecule has 0 amide bonds. The number of nitrogens with one attached hydrogen (secondary N) is 1. The van der Waals surface area contributed by atoms with Gasteiger partial charge in [0, 0.05) is 6.54 Å². The Balaban J connectivity index is 2.31. The summed E-state index contributed by atoms with van der Waals surface area (Å²) in [5.74, 6) is -1.24. The lowest BCUT2D eigenvalue weighted by Crippen LogP contribution is -2.15. The smallest absolute Gasteiger partial charge is 0.367 e. The highest BCUT2D eigenvalue weighted by atomic mass is 19.4. The zero-order valence-corrected chi connectivity index (χ0v) is 9.81. The molecule has 0 bridgehead atoms. The standard InChI is InChI=1S/C10H9F3N6/c1-6(4-14)5-15-7-2-3-8-16-17-9(10(11,12)13)19(8)18-7/h2-3,6H,5H2,1H3,(H,15,18)/t6-/m0/s1. The van der Waals surface area contributed by atoms with Gasteiger partial charge in [-0.2, -0.15) is 22.9 Å². The van der Waals surface area contributed by atoms with Crippen molar-refractivity contribution in [1.82, 2.24) is 19.8 Å². The van der Waals surface area contributed by atoms with Crippen LogP contribution < -0.4 is 5.32 Å². The number of anilines is 1. The van der Waals surface area contributed by atoms with E-state index in [4.69, 9.17) is 5.26 Å². The van der Waals surface area contributed by atoms with Gasteiger partial charge in [0.05, 0.1) is 12.0 Å². The molecule has 0 saturated carbocycles. The average Bonchev–Trinajstić information content (AvgIpc) is 2.78. The molecule has 2 aromatic heterocycles. The van der Waals surface area contributed by atoms with Crippen LogP contribution in [-0.2, 0) is 6.18 Å². The predicted octanol–water partition coefficient (Wildman–Crippen LogP) is 1.71. The van der Waals surface area contributed by atoms with Gasteiger partial charge < -0.3 is 5.32 Å². The van der Waals surface area contributed by atoms with Gasteiger partial charge in [-0.3, -0.25) is 0 Å². The molecule has 0 aromatic carbocycles. The van der Waals surface area contributed by atoms with Crippen molar-refractivity contribution in [2.45, 2.75) is 13.1 Å². The van der Waals surface area contributed by atoms with Crippen LogP contribution in [0.25, 0.3) is 5.65 Å². The molecule has 9 heteroatoms. The van der Waals surface area contributed by atoms with Gasteiger partial charge >= 0.3 is 6.18 Å². The van der Waals surface area contributed by atoms with Crippen LogP contribution in [0, 0.1) is 17.2 Å². The van der Waals surface area contributed by atoms with E-state index >= 15 is 0 Å². The van der Waals surface area contributed by atoms with Crippen LogP contribution in [0.2, 0.25) is 0 Å². The summed E-state index contributed by atoms with van der Waals surface area (Å²) < 4.78 is 38.5. The number of nitriles is 1. The highest BCUT2D eigenvalue weighted by Gasteiger charge is 2.37. The molecule has 2 rings (SSSR count). The van der Waals surface area contributed by atoms with Gasteiger partial charge in [-0.1, -0.05) is 0 Å². The van der Waals surface area contributed by atoms with Crippen molar-refractivity contribution in [2.75, 3.05) is 11.9 Å². The summed E-state index contributed by atoms with van der Waals surface area (Å²) >= 11 is 0. The van der Waals surface area contributed by atoms with E-state index in [1.165, 1.54) is 12.1 Å². The number of aromatic nitrogens is 4. The van der Waals surface area contributed by atoms with E-state index in [2.05, 4.69) is 20.6 Å². The molecule has 6 nitrogen and oxygen atoms in total. The average molecular weight is 270 g/mol. The first kappa shape index (κ1) is 13.1. The van der Waals surface area contributed by atoms with E-state index in [1.807, 2.05) is 6.07 Å². The summed E-state index contributed by atoms with van der Waals surface area (Å²) in [6.07, 6.45) is -4.62. The van der Waals surface area contributed by atoms with Crippen LogP contribution >= 0.6 is 0 Å². The van der Waals surface area contributed by atoms with E-state index in [0.717, 1.165) is 0 Å². The SMILES string of the molecule is C[C@@H](C#N)CNc1ccc2nnc(C(F)(F)F)n2n1. The summed E-state index contributed by atoms with van der Waals surface area (Å²) in [4.78, 5) is 0. The molecule has 0 aliphatic rings. The Bertz CT molecular complexity index is 626. The predicted molar refractivity (Wildman–Crippen MR) is 59.1 cm³/mol. The number of nitrogens with zero attached hydrogens (tertiary/aromatic N) is 5. The highest BCUT2D eigenvalue weighted by Crippen LogP contribution is 2.27. The minimum atomic E-state index is -4.62. The zero-order valence-electron chi connectivity index (χ0n) is 9.81. The largest absolute Gasteiger partial charge is 0.453 e. The number of hydrogen-bond donors (Lipinski definition) is 1. The van der Waals surface area contributed by atoms with Gasteiger partial charge in [0.2, 0.25) is 0 Å². The maximum atomic E-state index is 12.6. The lowest BCUT2D eigenvalue weighted by atomic mass is 10.2. The molecule has 19 heavy (non-hydrogen) atoms. The maximum absolute atomic E-state index is 12.6. The second kappa shape index (κ2) is 4.72. The highest BCUT2D eigenvalue weighted by molar-refractivity contribution is 5.44. The fraction of sp³-hybridized carbons (Fsp3) is 0.400. The minimum Gasteiger partial charge on any atom is -0.367 e. The van der Waals surface area contributed by atoms with Crippen LogP contribution in [0.3, 0.4) is 0 Å². The molecule has 0 fully saturated rings. The Morgan fingerprint density at radius 1 is 1.42 bits per heavy atom. The van der Waals surface area contributed by atoms with E-state index in [1.54, 1.807) is 6.92 Å². The van der Waals surface area contributed by atoms with Crippen LogP contribution in [-0.4, -0.2) is 26.4 Å². The van der Waals surface area contributed by atoms with E-state index in [0.29, 0.717) is 11.1 Å². The molecule has 0 unspecified atom stereocenters. The van der Waals surface area contributed by atoms with Crippen molar-refractivity contribution in [1.29, 1.82) is 5.26 Å². The van der Waals surface area contributed by atoms with Crippen molar-refractivity contribution in [3.63, 3.8) is 0 Å². The lowest BCUT2D eigenvalue weighted by Gasteiger charge is -2.07. The Labute approximate surface area is 105 Å². The molecule has 1 N–H and O–H groups in total. The van der Waals surface area contributed by atoms with Crippen LogP contribution in [0.1, 0.15) is 12.7 Å². The maximum Gasteiger partial charge on any atom is 0.453 e.